The van der Waals surface area contributed by atoms with Gasteiger partial charge >= 0.3 is 11.9 Å². The van der Waals surface area contributed by atoms with Crippen LogP contribution in [0.4, 0.5) is 0 Å². The standard InChI is InChI=1S/C16H27N5O9/c1-7(22)13(16(29)30)21-15(28)9(2-4-10(18)23)20-14(27)8(3-5-12(25)26)19-11(24)6-17/h7-9,13,22H,2-6,17H2,1H3,(H2,18,23)(H,19,24)(H,20,27)(H,21,28)(H,25,26)(H,29,30). The topological polar surface area (TPSA) is 251 Å². The van der Waals surface area contributed by atoms with Crippen molar-refractivity contribution in [2.45, 2.75) is 56.8 Å². The molecule has 0 aliphatic rings. The first-order valence-electron chi connectivity index (χ1n) is 8.90. The van der Waals surface area contributed by atoms with Gasteiger partial charge < -0.3 is 42.7 Å². The highest BCUT2D eigenvalue weighted by molar-refractivity contribution is 5.94. The van der Waals surface area contributed by atoms with E-state index in [2.05, 4.69) is 10.6 Å². The van der Waals surface area contributed by atoms with E-state index in [0.717, 1.165) is 6.92 Å². The molecule has 0 rings (SSSR count). The molecule has 0 bridgehead atoms. The van der Waals surface area contributed by atoms with Crippen LogP contribution in [-0.2, 0) is 28.8 Å². The molecule has 4 unspecified atom stereocenters. The van der Waals surface area contributed by atoms with Crippen LogP contribution in [0, 0.1) is 0 Å². The number of carboxylic acids is 2. The van der Waals surface area contributed by atoms with E-state index in [1.54, 1.807) is 0 Å². The first-order valence-corrected chi connectivity index (χ1v) is 8.90. The lowest BCUT2D eigenvalue weighted by Gasteiger charge is -2.25. The Morgan fingerprint density at radius 2 is 1.37 bits per heavy atom. The van der Waals surface area contributed by atoms with Crippen molar-refractivity contribution < 1.29 is 44.1 Å². The number of aliphatic hydroxyl groups excluding tert-OH is 1. The van der Waals surface area contributed by atoms with Crippen LogP contribution in [0.3, 0.4) is 0 Å². The summed E-state index contributed by atoms with van der Waals surface area (Å²) < 4.78 is 0. The second-order valence-corrected chi connectivity index (χ2v) is 6.39. The number of aliphatic hydroxyl groups is 1. The number of rotatable bonds is 14. The predicted octanol–water partition coefficient (Wildman–Crippen LogP) is -4.00. The lowest BCUT2D eigenvalue weighted by atomic mass is 10.1. The molecule has 14 heteroatoms. The van der Waals surface area contributed by atoms with Crippen LogP contribution in [0.2, 0.25) is 0 Å². The van der Waals surface area contributed by atoms with E-state index in [1.807, 2.05) is 5.32 Å². The highest BCUT2D eigenvalue weighted by Gasteiger charge is 2.31. The van der Waals surface area contributed by atoms with Gasteiger partial charge in [-0.25, -0.2) is 4.79 Å². The minimum atomic E-state index is -1.69. The van der Waals surface area contributed by atoms with Gasteiger partial charge in [-0.2, -0.15) is 0 Å². The first kappa shape index (κ1) is 26.7. The number of carboxylic acid groups (broad SMARTS) is 2. The number of nitrogens with two attached hydrogens (primary N) is 2. The second-order valence-electron chi connectivity index (χ2n) is 6.39. The van der Waals surface area contributed by atoms with Crippen LogP contribution in [-0.4, -0.2) is 81.7 Å². The van der Waals surface area contributed by atoms with Gasteiger partial charge in [0, 0.05) is 12.8 Å². The SMILES string of the molecule is CC(O)C(NC(=O)C(CCC(N)=O)NC(=O)C(CCC(=O)O)NC(=O)CN)C(=O)O. The van der Waals surface area contributed by atoms with E-state index in [1.165, 1.54) is 0 Å². The fourth-order valence-corrected chi connectivity index (χ4v) is 2.26. The Labute approximate surface area is 171 Å². The highest BCUT2D eigenvalue weighted by Crippen LogP contribution is 2.04. The number of amides is 4. The van der Waals surface area contributed by atoms with Crippen LogP contribution in [0.1, 0.15) is 32.6 Å². The van der Waals surface area contributed by atoms with Gasteiger partial charge in [-0.3, -0.25) is 24.0 Å². The summed E-state index contributed by atoms with van der Waals surface area (Å²) >= 11 is 0. The summed E-state index contributed by atoms with van der Waals surface area (Å²) in [6.07, 6.45) is -2.92. The van der Waals surface area contributed by atoms with Gasteiger partial charge in [-0.05, 0) is 19.8 Å². The molecule has 0 heterocycles. The Bertz CT molecular complexity index is 667. The zero-order chi connectivity index (χ0) is 23.4. The van der Waals surface area contributed by atoms with Crippen LogP contribution >= 0.6 is 0 Å². The molecule has 14 nitrogen and oxygen atoms in total. The van der Waals surface area contributed by atoms with E-state index >= 15 is 0 Å². The normalized spacial score (nSPS) is 14.5. The number of primary amides is 1. The molecule has 30 heavy (non-hydrogen) atoms. The van der Waals surface area contributed by atoms with Crippen LogP contribution in [0.15, 0.2) is 0 Å². The molecule has 4 atom stereocenters. The molecule has 10 N–H and O–H groups in total. The molecule has 0 fully saturated rings. The third-order valence-corrected chi connectivity index (χ3v) is 3.84. The average molecular weight is 433 g/mol. The van der Waals surface area contributed by atoms with Gasteiger partial charge in [0.15, 0.2) is 6.04 Å². The fraction of sp³-hybridized carbons (Fsp3) is 0.625. The second kappa shape index (κ2) is 13.1. The lowest BCUT2D eigenvalue weighted by molar-refractivity contribution is -0.145. The molecular formula is C16H27N5O9. The Morgan fingerprint density at radius 1 is 0.867 bits per heavy atom. The van der Waals surface area contributed by atoms with Crippen molar-refractivity contribution in [2.75, 3.05) is 6.54 Å². The van der Waals surface area contributed by atoms with Gasteiger partial charge in [0.2, 0.25) is 23.6 Å². The summed E-state index contributed by atoms with van der Waals surface area (Å²) in [5.41, 5.74) is 10.2. The number of aliphatic carboxylic acids is 2. The van der Waals surface area contributed by atoms with Crippen molar-refractivity contribution in [1.82, 2.24) is 16.0 Å². The van der Waals surface area contributed by atoms with Gasteiger partial charge in [0.05, 0.1) is 12.6 Å². The van der Waals surface area contributed by atoms with Gasteiger partial charge in [0.1, 0.15) is 12.1 Å². The van der Waals surface area contributed by atoms with E-state index in [9.17, 15) is 33.9 Å². The first-order chi connectivity index (χ1) is 13.9. The quantitative estimate of drug-likeness (QED) is 0.132. The van der Waals surface area contributed by atoms with Crippen LogP contribution < -0.4 is 27.4 Å². The summed E-state index contributed by atoms with van der Waals surface area (Å²) in [5.74, 6) is -6.30. The Balaban J connectivity index is 5.45. The summed E-state index contributed by atoms with van der Waals surface area (Å²) in [5, 5.41) is 33.8. The summed E-state index contributed by atoms with van der Waals surface area (Å²) in [7, 11) is 0. The van der Waals surface area contributed by atoms with Crippen molar-refractivity contribution in [3.05, 3.63) is 0 Å². The van der Waals surface area contributed by atoms with E-state index in [4.69, 9.17) is 21.7 Å². The molecule has 0 saturated heterocycles. The molecule has 0 aliphatic heterocycles. The maximum atomic E-state index is 12.5. The number of hydrogen-bond donors (Lipinski definition) is 8. The summed E-state index contributed by atoms with van der Waals surface area (Å²) in [4.78, 5) is 69.4. The zero-order valence-corrected chi connectivity index (χ0v) is 16.3. The summed E-state index contributed by atoms with van der Waals surface area (Å²) in [6.45, 7) is 0.650. The number of carbonyl (C=O) groups is 6. The number of carbonyl (C=O) groups excluding carboxylic acids is 4. The molecule has 0 aromatic heterocycles. The molecule has 4 amide bonds. The third kappa shape index (κ3) is 10.3. The Hall–Kier alpha value is -3.26. The van der Waals surface area contributed by atoms with E-state index < -0.39 is 72.8 Å². The molecule has 0 spiro atoms. The van der Waals surface area contributed by atoms with Crippen LogP contribution in [0.5, 0.6) is 0 Å². The summed E-state index contributed by atoms with van der Waals surface area (Å²) in [6, 6.07) is -4.49. The maximum Gasteiger partial charge on any atom is 0.328 e. The number of nitrogens with one attached hydrogen (secondary N) is 3. The maximum absolute atomic E-state index is 12.5. The molecule has 0 radical (unpaired) electrons. The smallest absolute Gasteiger partial charge is 0.328 e. The largest absolute Gasteiger partial charge is 0.481 e. The van der Waals surface area contributed by atoms with Crippen LogP contribution in [0.25, 0.3) is 0 Å². The lowest BCUT2D eigenvalue weighted by Crippen LogP contribution is -2.57. The fourth-order valence-electron chi connectivity index (χ4n) is 2.26. The molecule has 0 aliphatic carbocycles. The van der Waals surface area contributed by atoms with Gasteiger partial charge in [-0.15, -0.1) is 0 Å². The zero-order valence-electron chi connectivity index (χ0n) is 16.3. The molecule has 170 valence electrons. The van der Waals surface area contributed by atoms with Crippen molar-refractivity contribution in [3.63, 3.8) is 0 Å². The Kier molecular flexibility index (Phi) is 11.6. The third-order valence-electron chi connectivity index (χ3n) is 3.84. The predicted molar refractivity (Wildman–Crippen MR) is 99.5 cm³/mol. The van der Waals surface area contributed by atoms with E-state index in [0.29, 0.717) is 0 Å². The average Bonchev–Trinajstić information content (AvgIpc) is 2.64. The monoisotopic (exact) mass is 433 g/mol. The van der Waals surface area contributed by atoms with Crippen molar-refractivity contribution in [3.8, 4) is 0 Å². The minimum Gasteiger partial charge on any atom is -0.481 e. The van der Waals surface area contributed by atoms with Gasteiger partial charge in [0.25, 0.3) is 0 Å². The highest BCUT2D eigenvalue weighted by atomic mass is 16.4. The number of hydrogen-bond acceptors (Lipinski definition) is 8. The van der Waals surface area contributed by atoms with Gasteiger partial charge in [-0.1, -0.05) is 0 Å². The van der Waals surface area contributed by atoms with Crippen molar-refractivity contribution in [2.24, 2.45) is 11.5 Å². The molecule has 0 saturated carbocycles. The molecule has 0 aromatic rings. The van der Waals surface area contributed by atoms with Crippen molar-refractivity contribution in [1.29, 1.82) is 0 Å². The van der Waals surface area contributed by atoms with Crippen molar-refractivity contribution >= 4 is 35.6 Å². The molecule has 0 aromatic carbocycles. The minimum absolute atomic E-state index is 0.310. The molecular weight excluding hydrogens is 406 g/mol. The van der Waals surface area contributed by atoms with E-state index in [-0.39, 0.29) is 19.3 Å². The Morgan fingerprint density at radius 3 is 1.80 bits per heavy atom.